The summed E-state index contributed by atoms with van der Waals surface area (Å²) < 4.78 is 6.04. The zero-order valence-corrected chi connectivity index (χ0v) is 12.9. The Balaban J connectivity index is 2.14. The number of benzene rings is 2. The van der Waals surface area contributed by atoms with Crippen molar-refractivity contribution in [2.24, 2.45) is 0 Å². The highest BCUT2D eigenvalue weighted by Gasteiger charge is 2.08. The molecule has 0 aliphatic carbocycles. The normalized spacial score (nSPS) is 11.5. The first-order chi connectivity index (χ1) is 9.63. The van der Waals surface area contributed by atoms with Crippen molar-refractivity contribution >= 4 is 21.6 Å². The van der Waals surface area contributed by atoms with Gasteiger partial charge in [-0.3, -0.25) is 0 Å². The van der Waals surface area contributed by atoms with E-state index in [0.717, 1.165) is 15.9 Å². The lowest BCUT2D eigenvalue weighted by atomic mass is 10.1. The molecule has 2 rings (SSSR count). The molecule has 0 fully saturated rings. The first-order valence-corrected chi connectivity index (χ1v) is 7.03. The second kappa shape index (κ2) is 6.44. The van der Waals surface area contributed by atoms with Gasteiger partial charge in [-0.25, -0.2) is 0 Å². The average molecular weight is 331 g/mol. The number of rotatable bonds is 4. The molecule has 0 heterocycles. The van der Waals surface area contributed by atoms with Crippen LogP contribution < -0.4 is 10.1 Å². The lowest BCUT2D eigenvalue weighted by Crippen LogP contribution is -2.07. The number of nitrogens with one attached hydrogen (secondary N) is 1. The van der Waals surface area contributed by atoms with Gasteiger partial charge in [0.1, 0.15) is 5.75 Å². The molecule has 0 saturated heterocycles. The Morgan fingerprint density at radius 2 is 1.90 bits per heavy atom. The minimum absolute atomic E-state index is 0.158. The van der Waals surface area contributed by atoms with Crippen molar-refractivity contribution in [2.75, 3.05) is 12.4 Å². The lowest BCUT2D eigenvalue weighted by molar-refractivity contribution is 0.414. The number of hydrogen-bond acceptors (Lipinski definition) is 3. The summed E-state index contributed by atoms with van der Waals surface area (Å²) in [4.78, 5) is 0. The summed E-state index contributed by atoms with van der Waals surface area (Å²) in [6, 6.07) is 15.8. The molecule has 0 amide bonds. The fourth-order valence-electron chi connectivity index (χ4n) is 1.91. The predicted molar refractivity (Wildman–Crippen MR) is 83.9 cm³/mol. The van der Waals surface area contributed by atoms with Gasteiger partial charge in [0.2, 0.25) is 0 Å². The molecule has 0 saturated carbocycles. The van der Waals surface area contributed by atoms with Crippen LogP contribution in [0.2, 0.25) is 0 Å². The van der Waals surface area contributed by atoms with Crippen LogP contribution in [-0.2, 0) is 0 Å². The summed E-state index contributed by atoms with van der Waals surface area (Å²) in [5.74, 6) is 0.848. The van der Waals surface area contributed by atoms with E-state index in [9.17, 15) is 0 Å². The summed E-state index contributed by atoms with van der Waals surface area (Å²) in [6.07, 6.45) is 0. The molecular weight excluding hydrogens is 316 g/mol. The van der Waals surface area contributed by atoms with E-state index in [4.69, 9.17) is 10.00 Å². The van der Waals surface area contributed by atoms with Crippen LogP contribution in [0.25, 0.3) is 0 Å². The molecule has 2 aromatic carbocycles. The quantitative estimate of drug-likeness (QED) is 0.897. The minimum atomic E-state index is 0.158. The number of ether oxygens (including phenoxy) is 1. The Morgan fingerprint density at radius 3 is 2.45 bits per heavy atom. The minimum Gasteiger partial charge on any atom is -0.497 e. The van der Waals surface area contributed by atoms with E-state index >= 15 is 0 Å². The molecule has 4 heteroatoms. The highest BCUT2D eigenvalue weighted by atomic mass is 79.9. The first kappa shape index (κ1) is 14.4. The van der Waals surface area contributed by atoms with Gasteiger partial charge in [-0.05, 0) is 58.7 Å². The second-order valence-electron chi connectivity index (χ2n) is 4.45. The fraction of sp³-hybridized carbons (Fsp3) is 0.188. The molecule has 3 nitrogen and oxygen atoms in total. The summed E-state index contributed by atoms with van der Waals surface area (Å²) in [6.45, 7) is 2.09. The van der Waals surface area contributed by atoms with E-state index in [1.807, 2.05) is 36.4 Å². The van der Waals surface area contributed by atoms with Crippen LogP contribution in [0.5, 0.6) is 5.75 Å². The van der Waals surface area contributed by atoms with Gasteiger partial charge in [0, 0.05) is 16.2 Å². The molecule has 0 radical (unpaired) electrons. The number of nitriles is 1. The van der Waals surface area contributed by atoms with Crippen LogP contribution in [0.1, 0.15) is 24.1 Å². The van der Waals surface area contributed by atoms with Gasteiger partial charge in [-0.15, -0.1) is 0 Å². The van der Waals surface area contributed by atoms with Crippen LogP contribution >= 0.6 is 15.9 Å². The highest BCUT2D eigenvalue weighted by Crippen LogP contribution is 2.28. The van der Waals surface area contributed by atoms with Crippen LogP contribution in [0.15, 0.2) is 46.9 Å². The lowest BCUT2D eigenvalue weighted by Gasteiger charge is -2.17. The molecule has 1 unspecified atom stereocenters. The molecule has 0 aliphatic heterocycles. The van der Waals surface area contributed by atoms with E-state index in [1.165, 1.54) is 5.56 Å². The van der Waals surface area contributed by atoms with E-state index in [-0.39, 0.29) is 6.04 Å². The van der Waals surface area contributed by atoms with Crippen molar-refractivity contribution in [3.63, 3.8) is 0 Å². The first-order valence-electron chi connectivity index (χ1n) is 6.24. The van der Waals surface area contributed by atoms with Gasteiger partial charge < -0.3 is 10.1 Å². The van der Waals surface area contributed by atoms with Gasteiger partial charge in [0.05, 0.1) is 18.7 Å². The standard InChI is InChI=1S/C16H15BrN2O/c1-11(13-4-6-14(20-2)7-5-13)19-16-8-3-12(10-18)9-15(16)17/h3-9,11,19H,1-2H3. The number of hydrogen-bond donors (Lipinski definition) is 1. The molecule has 102 valence electrons. The van der Waals surface area contributed by atoms with Crippen molar-refractivity contribution in [1.82, 2.24) is 0 Å². The topological polar surface area (TPSA) is 45.0 Å². The Morgan fingerprint density at radius 1 is 1.20 bits per heavy atom. The third-order valence-electron chi connectivity index (χ3n) is 3.09. The predicted octanol–water partition coefficient (Wildman–Crippen LogP) is 4.50. The molecule has 2 aromatic rings. The summed E-state index contributed by atoms with van der Waals surface area (Å²) in [5, 5.41) is 12.3. The van der Waals surface area contributed by atoms with Crippen molar-refractivity contribution in [1.29, 1.82) is 5.26 Å². The monoisotopic (exact) mass is 330 g/mol. The summed E-state index contributed by atoms with van der Waals surface area (Å²) in [7, 11) is 1.66. The second-order valence-corrected chi connectivity index (χ2v) is 5.30. The number of methoxy groups -OCH3 is 1. The van der Waals surface area contributed by atoms with Crippen LogP contribution in [0.4, 0.5) is 5.69 Å². The molecular formula is C16H15BrN2O. The van der Waals surface area contributed by atoms with Crippen molar-refractivity contribution in [3.05, 3.63) is 58.1 Å². The van der Waals surface area contributed by atoms with Crippen molar-refractivity contribution in [3.8, 4) is 11.8 Å². The van der Waals surface area contributed by atoms with E-state index in [1.54, 1.807) is 13.2 Å². The third-order valence-corrected chi connectivity index (χ3v) is 3.74. The van der Waals surface area contributed by atoms with Crippen LogP contribution in [0, 0.1) is 11.3 Å². The van der Waals surface area contributed by atoms with Gasteiger partial charge in [-0.1, -0.05) is 12.1 Å². The largest absolute Gasteiger partial charge is 0.497 e. The highest BCUT2D eigenvalue weighted by molar-refractivity contribution is 9.10. The van der Waals surface area contributed by atoms with Crippen molar-refractivity contribution < 1.29 is 4.74 Å². The zero-order valence-electron chi connectivity index (χ0n) is 11.4. The Labute approximate surface area is 127 Å². The summed E-state index contributed by atoms with van der Waals surface area (Å²) >= 11 is 3.48. The van der Waals surface area contributed by atoms with Crippen LogP contribution in [0.3, 0.4) is 0 Å². The maximum Gasteiger partial charge on any atom is 0.118 e. The van der Waals surface area contributed by atoms with E-state index in [2.05, 4.69) is 34.2 Å². The Kier molecular flexibility index (Phi) is 4.65. The molecule has 1 atom stereocenters. The van der Waals surface area contributed by atoms with Gasteiger partial charge in [0.25, 0.3) is 0 Å². The maximum absolute atomic E-state index is 8.86. The zero-order chi connectivity index (χ0) is 14.5. The number of halogens is 1. The number of anilines is 1. The maximum atomic E-state index is 8.86. The van der Waals surface area contributed by atoms with Gasteiger partial charge >= 0.3 is 0 Å². The molecule has 20 heavy (non-hydrogen) atoms. The van der Waals surface area contributed by atoms with E-state index < -0.39 is 0 Å². The Hall–Kier alpha value is -1.99. The number of nitrogens with zero attached hydrogens (tertiary/aromatic N) is 1. The molecule has 0 spiro atoms. The van der Waals surface area contributed by atoms with Crippen molar-refractivity contribution in [2.45, 2.75) is 13.0 Å². The molecule has 0 aliphatic rings. The Bertz CT molecular complexity index is 632. The van der Waals surface area contributed by atoms with E-state index in [0.29, 0.717) is 5.56 Å². The SMILES string of the molecule is COc1ccc(C(C)Nc2ccc(C#N)cc2Br)cc1. The fourth-order valence-corrected chi connectivity index (χ4v) is 2.40. The summed E-state index contributed by atoms with van der Waals surface area (Å²) in [5.41, 5.74) is 2.77. The molecule has 0 bridgehead atoms. The van der Waals surface area contributed by atoms with Crippen LogP contribution in [-0.4, -0.2) is 7.11 Å². The van der Waals surface area contributed by atoms with Gasteiger partial charge in [0.15, 0.2) is 0 Å². The molecule has 1 N–H and O–H groups in total. The average Bonchev–Trinajstić information content (AvgIpc) is 2.49. The third kappa shape index (κ3) is 3.31. The van der Waals surface area contributed by atoms with Gasteiger partial charge in [-0.2, -0.15) is 5.26 Å². The molecule has 0 aromatic heterocycles. The smallest absolute Gasteiger partial charge is 0.118 e.